The molecule has 2 aromatic rings. The highest BCUT2D eigenvalue weighted by molar-refractivity contribution is 5.60. The summed E-state index contributed by atoms with van der Waals surface area (Å²) in [5, 5.41) is 9.25. The van der Waals surface area contributed by atoms with E-state index in [1.54, 1.807) is 6.33 Å². The van der Waals surface area contributed by atoms with E-state index in [-0.39, 0.29) is 0 Å². The van der Waals surface area contributed by atoms with Gasteiger partial charge in [-0.3, -0.25) is 0 Å². The first-order valence-corrected chi connectivity index (χ1v) is 7.67. The number of aromatic nitrogens is 2. The second kappa shape index (κ2) is 6.53. The number of hydrogen-bond acceptors (Lipinski definition) is 6. The lowest BCUT2D eigenvalue weighted by molar-refractivity contribution is 0.646. The van der Waals surface area contributed by atoms with Crippen molar-refractivity contribution in [2.24, 2.45) is 0 Å². The molecule has 0 saturated carbocycles. The molecule has 6 nitrogen and oxygen atoms in total. The van der Waals surface area contributed by atoms with Crippen LogP contribution in [0.15, 0.2) is 36.7 Å². The Bertz CT molecular complexity index is 713. The number of nitriles is 1. The van der Waals surface area contributed by atoms with Gasteiger partial charge in [0.15, 0.2) is 0 Å². The van der Waals surface area contributed by atoms with E-state index in [4.69, 9.17) is 0 Å². The fourth-order valence-corrected chi connectivity index (χ4v) is 2.78. The van der Waals surface area contributed by atoms with Crippen LogP contribution in [0, 0.1) is 11.3 Å². The van der Waals surface area contributed by atoms with Gasteiger partial charge in [-0.25, -0.2) is 9.97 Å². The molecule has 0 bridgehead atoms. The first-order valence-electron chi connectivity index (χ1n) is 7.67. The van der Waals surface area contributed by atoms with Crippen molar-refractivity contribution in [2.75, 3.05) is 55.0 Å². The predicted octanol–water partition coefficient (Wildman–Crippen LogP) is 1.74. The smallest absolute Gasteiger partial charge is 0.134 e. The van der Waals surface area contributed by atoms with Gasteiger partial charge in [0.1, 0.15) is 24.0 Å². The van der Waals surface area contributed by atoms with Crippen molar-refractivity contribution in [3.05, 3.63) is 42.2 Å². The molecule has 0 unspecified atom stereocenters. The van der Waals surface area contributed by atoms with Crippen LogP contribution in [0.25, 0.3) is 0 Å². The highest BCUT2D eigenvalue weighted by atomic mass is 15.3. The molecule has 1 aliphatic rings. The summed E-state index contributed by atoms with van der Waals surface area (Å²) in [5.41, 5.74) is 1.75. The minimum atomic E-state index is 0.734. The molecule has 1 aromatic heterocycles. The van der Waals surface area contributed by atoms with E-state index in [9.17, 15) is 5.26 Å². The van der Waals surface area contributed by atoms with Crippen LogP contribution in [0.2, 0.25) is 0 Å². The van der Waals surface area contributed by atoms with E-state index < -0.39 is 0 Å². The number of para-hydroxylation sites is 1. The molecule has 6 heteroatoms. The van der Waals surface area contributed by atoms with Crippen LogP contribution in [0.4, 0.5) is 17.3 Å². The average Bonchev–Trinajstić information content (AvgIpc) is 2.62. The van der Waals surface area contributed by atoms with Gasteiger partial charge in [-0.1, -0.05) is 12.1 Å². The van der Waals surface area contributed by atoms with Gasteiger partial charge in [-0.15, -0.1) is 0 Å². The Kier molecular flexibility index (Phi) is 4.29. The van der Waals surface area contributed by atoms with Gasteiger partial charge in [-0.05, 0) is 12.1 Å². The summed E-state index contributed by atoms with van der Waals surface area (Å²) >= 11 is 0. The molecule has 3 rings (SSSR count). The van der Waals surface area contributed by atoms with Gasteiger partial charge in [0, 0.05) is 46.3 Å². The molecular formula is C17H20N6. The summed E-state index contributed by atoms with van der Waals surface area (Å²) in [7, 11) is 3.95. The maximum atomic E-state index is 9.25. The van der Waals surface area contributed by atoms with Gasteiger partial charge in [0.05, 0.1) is 11.3 Å². The Morgan fingerprint density at radius 3 is 2.43 bits per heavy atom. The SMILES string of the molecule is CN(C)c1cc(N2CCN(c3ccccc3C#N)CC2)ncn1. The fourth-order valence-electron chi connectivity index (χ4n) is 2.78. The lowest BCUT2D eigenvalue weighted by Gasteiger charge is -2.37. The topological polar surface area (TPSA) is 59.3 Å². The third-order valence-corrected chi connectivity index (χ3v) is 4.07. The molecule has 2 heterocycles. The number of benzene rings is 1. The molecule has 0 aliphatic carbocycles. The van der Waals surface area contributed by atoms with Crippen LogP contribution in [0.5, 0.6) is 0 Å². The molecule has 1 aromatic carbocycles. The van der Waals surface area contributed by atoms with Gasteiger partial charge in [0.2, 0.25) is 0 Å². The van der Waals surface area contributed by atoms with Crippen LogP contribution in [0.3, 0.4) is 0 Å². The number of hydrogen-bond donors (Lipinski definition) is 0. The molecule has 0 amide bonds. The lowest BCUT2D eigenvalue weighted by Crippen LogP contribution is -2.47. The van der Waals surface area contributed by atoms with Gasteiger partial charge >= 0.3 is 0 Å². The standard InChI is InChI=1S/C17H20N6/c1-21(2)16-11-17(20-13-19-16)23-9-7-22(8-10-23)15-6-4-3-5-14(15)12-18/h3-6,11,13H,7-10H2,1-2H3. The average molecular weight is 308 g/mol. The lowest BCUT2D eigenvalue weighted by atomic mass is 10.1. The van der Waals surface area contributed by atoms with Gasteiger partial charge in [0.25, 0.3) is 0 Å². The normalized spacial score (nSPS) is 14.5. The van der Waals surface area contributed by atoms with Crippen molar-refractivity contribution in [1.29, 1.82) is 5.26 Å². The summed E-state index contributed by atoms with van der Waals surface area (Å²) in [6.07, 6.45) is 1.61. The zero-order valence-corrected chi connectivity index (χ0v) is 13.5. The summed E-state index contributed by atoms with van der Waals surface area (Å²) < 4.78 is 0. The summed E-state index contributed by atoms with van der Waals surface area (Å²) in [6, 6.07) is 12.1. The van der Waals surface area contributed by atoms with Crippen molar-refractivity contribution in [2.45, 2.75) is 0 Å². The molecule has 1 fully saturated rings. The van der Waals surface area contributed by atoms with Crippen molar-refractivity contribution in [3.8, 4) is 6.07 Å². The summed E-state index contributed by atoms with van der Waals surface area (Å²) in [4.78, 5) is 15.2. The van der Waals surface area contributed by atoms with Crippen molar-refractivity contribution < 1.29 is 0 Å². The van der Waals surface area contributed by atoms with E-state index in [2.05, 4.69) is 25.8 Å². The maximum Gasteiger partial charge on any atom is 0.134 e. The first kappa shape index (κ1) is 15.1. The minimum Gasteiger partial charge on any atom is -0.367 e. The first-order chi connectivity index (χ1) is 11.2. The van der Waals surface area contributed by atoms with Crippen LogP contribution >= 0.6 is 0 Å². The Hall–Kier alpha value is -2.81. The molecule has 0 atom stereocenters. The van der Waals surface area contributed by atoms with Crippen LogP contribution in [-0.4, -0.2) is 50.2 Å². The Balaban J connectivity index is 1.71. The van der Waals surface area contributed by atoms with Crippen LogP contribution < -0.4 is 14.7 Å². The third kappa shape index (κ3) is 3.19. The highest BCUT2D eigenvalue weighted by Crippen LogP contribution is 2.23. The van der Waals surface area contributed by atoms with E-state index >= 15 is 0 Å². The Morgan fingerprint density at radius 2 is 1.74 bits per heavy atom. The zero-order chi connectivity index (χ0) is 16.2. The van der Waals surface area contributed by atoms with Gasteiger partial charge < -0.3 is 14.7 Å². The highest BCUT2D eigenvalue weighted by Gasteiger charge is 2.20. The Morgan fingerprint density at radius 1 is 1.04 bits per heavy atom. The molecule has 0 spiro atoms. The number of nitrogens with zero attached hydrogens (tertiary/aromatic N) is 6. The zero-order valence-electron chi connectivity index (χ0n) is 13.5. The summed E-state index contributed by atoms with van der Waals surface area (Å²) in [6.45, 7) is 3.51. The van der Waals surface area contributed by atoms with E-state index in [1.165, 1.54) is 0 Å². The largest absolute Gasteiger partial charge is 0.367 e. The van der Waals surface area contributed by atoms with Gasteiger partial charge in [-0.2, -0.15) is 5.26 Å². The molecule has 23 heavy (non-hydrogen) atoms. The summed E-state index contributed by atoms with van der Waals surface area (Å²) in [5.74, 6) is 1.86. The van der Waals surface area contributed by atoms with Crippen LogP contribution in [0.1, 0.15) is 5.56 Å². The second-order valence-electron chi connectivity index (χ2n) is 5.73. The van der Waals surface area contributed by atoms with Crippen molar-refractivity contribution >= 4 is 17.3 Å². The van der Waals surface area contributed by atoms with Crippen molar-refractivity contribution in [3.63, 3.8) is 0 Å². The van der Waals surface area contributed by atoms with E-state index in [0.29, 0.717) is 0 Å². The van der Waals surface area contributed by atoms with Crippen LogP contribution in [-0.2, 0) is 0 Å². The van der Waals surface area contributed by atoms with E-state index in [1.807, 2.05) is 49.3 Å². The number of piperazine rings is 1. The molecule has 0 radical (unpaired) electrons. The minimum absolute atomic E-state index is 0.734. The van der Waals surface area contributed by atoms with Crippen molar-refractivity contribution in [1.82, 2.24) is 9.97 Å². The van der Waals surface area contributed by atoms with E-state index in [0.717, 1.165) is 49.1 Å². The molecular weight excluding hydrogens is 288 g/mol. The molecule has 1 saturated heterocycles. The quantitative estimate of drug-likeness (QED) is 0.861. The second-order valence-corrected chi connectivity index (χ2v) is 5.73. The predicted molar refractivity (Wildman–Crippen MR) is 91.9 cm³/mol. The Labute approximate surface area is 136 Å². The number of anilines is 3. The number of rotatable bonds is 3. The molecule has 0 N–H and O–H groups in total. The third-order valence-electron chi connectivity index (χ3n) is 4.07. The monoisotopic (exact) mass is 308 g/mol. The molecule has 1 aliphatic heterocycles. The maximum absolute atomic E-state index is 9.25. The fraction of sp³-hybridized carbons (Fsp3) is 0.353. The molecule has 118 valence electrons.